The van der Waals surface area contributed by atoms with E-state index in [1.54, 1.807) is 0 Å². The number of nitrogens with zero attached hydrogens (tertiary/aromatic N) is 2. The molecule has 0 aliphatic heterocycles. The topological polar surface area (TPSA) is 6.48 Å². The fraction of sp³-hybridized carbons (Fsp3) is 0.0566. The van der Waals surface area contributed by atoms with Crippen molar-refractivity contribution in [3.05, 3.63) is 423 Å². The molecular weight excluding hydrogens is 1300 g/mol. The number of hydrogen-bond acceptors (Lipinski definition) is 2. The van der Waals surface area contributed by atoms with Gasteiger partial charge in [-0.05, 0) is 210 Å². The first kappa shape index (κ1) is 65.4. The average molecular weight is 1380 g/mol. The van der Waals surface area contributed by atoms with E-state index in [2.05, 4.69) is 438 Å². The number of hydrogen-bond donors (Lipinski definition) is 0. The van der Waals surface area contributed by atoms with Gasteiger partial charge in [-0.2, -0.15) is 0 Å². The van der Waals surface area contributed by atoms with Gasteiger partial charge in [-0.15, -0.1) is 0 Å². The van der Waals surface area contributed by atoms with E-state index in [9.17, 15) is 0 Å². The molecule has 18 aromatic carbocycles. The molecule has 0 unspecified atom stereocenters. The Hall–Kier alpha value is -13.4. The molecule has 0 radical (unpaired) electrons. The van der Waals surface area contributed by atoms with Crippen molar-refractivity contribution in [2.75, 3.05) is 9.80 Å². The van der Waals surface area contributed by atoms with Crippen molar-refractivity contribution in [2.24, 2.45) is 0 Å². The van der Waals surface area contributed by atoms with Crippen LogP contribution in [-0.2, 0) is 10.8 Å². The predicted molar refractivity (Wildman–Crippen MR) is 460 cm³/mol. The van der Waals surface area contributed by atoms with E-state index in [4.69, 9.17) is 0 Å². The zero-order valence-electron chi connectivity index (χ0n) is 61.0. The van der Waals surface area contributed by atoms with Gasteiger partial charge in [-0.1, -0.05) is 361 Å². The van der Waals surface area contributed by atoms with Gasteiger partial charge >= 0.3 is 0 Å². The number of anilines is 6. The SMILES string of the molecule is CC1(C)c2ccccc2-c2ccc(N(c3ccc(-c4cccc(-c5ccccc5)c4)c(-c4ccccc4)c3)c3cc4ccccc4c4ccccc34)cc21.CC1(C)c2ccccc2-c2ccc(N(c3ccc(-c4ccccc4-c4ccccc4)c(-c4ccccc4)c3)c3cc4ccccc4c4ccccc34)cc21. The molecule has 2 aliphatic rings. The van der Waals surface area contributed by atoms with Gasteiger partial charge in [0.2, 0.25) is 0 Å². The second-order valence-electron chi connectivity index (χ2n) is 29.8. The molecule has 0 heterocycles. The van der Waals surface area contributed by atoms with E-state index in [1.165, 1.54) is 154 Å². The van der Waals surface area contributed by atoms with E-state index in [-0.39, 0.29) is 10.8 Å². The maximum absolute atomic E-state index is 2.49. The smallest absolute Gasteiger partial charge is 0.0546 e. The number of fused-ring (bicyclic) bond motifs is 12. The van der Waals surface area contributed by atoms with Crippen LogP contribution in [0.2, 0.25) is 0 Å². The summed E-state index contributed by atoms with van der Waals surface area (Å²) >= 11 is 0. The molecule has 0 amide bonds. The Bertz CT molecular complexity index is 6490. The molecule has 0 N–H and O–H groups in total. The highest BCUT2D eigenvalue weighted by molar-refractivity contribution is 6.16. The van der Waals surface area contributed by atoms with E-state index < -0.39 is 0 Å². The highest BCUT2D eigenvalue weighted by Crippen LogP contribution is 2.55. The van der Waals surface area contributed by atoms with Gasteiger partial charge in [0.25, 0.3) is 0 Å². The first-order chi connectivity index (χ1) is 53.1. The highest BCUT2D eigenvalue weighted by Gasteiger charge is 2.38. The van der Waals surface area contributed by atoms with Crippen LogP contribution in [-0.4, -0.2) is 0 Å². The lowest BCUT2D eigenvalue weighted by Crippen LogP contribution is -2.16. The van der Waals surface area contributed by atoms with Crippen molar-refractivity contribution in [3.63, 3.8) is 0 Å². The number of benzene rings is 18. The summed E-state index contributed by atoms with van der Waals surface area (Å²) in [7, 11) is 0. The van der Waals surface area contributed by atoms with Crippen molar-refractivity contribution in [1.82, 2.24) is 0 Å². The second-order valence-corrected chi connectivity index (χ2v) is 29.8. The lowest BCUT2D eigenvalue weighted by Gasteiger charge is -2.30. The normalized spacial score (nSPS) is 12.8. The molecule has 2 heteroatoms. The Labute approximate surface area is 633 Å². The minimum Gasteiger partial charge on any atom is -0.310 e. The molecule has 2 aliphatic carbocycles. The third kappa shape index (κ3) is 11.4. The number of rotatable bonds is 12. The van der Waals surface area contributed by atoms with Gasteiger partial charge in [0.05, 0.1) is 11.4 Å². The van der Waals surface area contributed by atoms with Crippen LogP contribution in [0.3, 0.4) is 0 Å². The standard InChI is InChI=1S/2C53H39N/c1-53(2)50-28-16-15-26-46(50)47-32-30-40(35-51(47)53)54(52-33-38-21-9-10-23-42(38)44-25-13-14-27-48(44)52)39-29-31-45(49(34-39)37-19-7-4-8-20-37)43-24-12-11-22-41(43)36-17-5-3-6-18-36;1-53(2)50-27-14-13-25-46(50)47-31-29-42(35-51(47)53)54(52-33-40-20-9-10-23-43(40)45-24-11-12-26-48(45)52)41-28-30-44(49(34-41)37-18-7-4-8-19-37)39-22-15-21-38(32-39)36-16-5-3-6-17-36/h2*3-35H,1-2H3. The van der Waals surface area contributed by atoms with Gasteiger partial charge in [0.1, 0.15) is 0 Å². The van der Waals surface area contributed by atoms with Crippen molar-refractivity contribution in [1.29, 1.82) is 0 Å². The molecule has 0 saturated carbocycles. The summed E-state index contributed by atoms with van der Waals surface area (Å²) in [6.45, 7) is 9.46. The van der Waals surface area contributed by atoms with Crippen LogP contribution in [0.1, 0.15) is 49.9 Å². The lowest BCUT2D eigenvalue weighted by molar-refractivity contribution is 0.660. The van der Waals surface area contributed by atoms with Crippen molar-refractivity contribution in [3.8, 4) is 89.0 Å². The zero-order valence-corrected chi connectivity index (χ0v) is 61.0. The highest BCUT2D eigenvalue weighted by atomic mass is 15.2. The fourth-order valence-corrected chi connectivity index (χ4v) is 17.6. The van der Waals surface area contributed by atoms with E-state index >= 15 is 0 Å². The lowest BCUT2D eigenvalue weighted by atomic mass is 9.82. The first-order valence-electron chi connectivity index (χ1n) is 37.7. The molecule has 0 fully saturated rings. The molecule has 512 valence electrons. The minimum absolute atomic E-state index is 0.123. The van der Waals surface area contributed by atoms with E-state index in [0.29, 0.717) is 0 Å². The summed E-state index contributed by atoms with van der Waals surface area (Å²) in [5.41, 5.74) is 31.8. The third-order valence-electron chi connectivity index (χ3n) is 22.9. The van der Waals surface area contributed by atoms with Crippen LogP contribution >= 0.6 is 0 Å². The van der Waals surface area contributed by atoms with Gasteiger partial charge < -0.3 is 9.80 Å². The van der Waals surface area contributed by atoms with Crippen LogP contribution < -0.4 is 9.80 Å². The summed E-state index contributed by atoms with van der Waals surface area (Å²) in [4.78, 5) is 4.98. The molecule has 0 aromatic heterocycles. The summed E-state index contributed by atoms with van der Waals surface area (Å²) < 4.78 is 0. The molecule has 2 nitrogen and oxygen atoms in total. The van der Waals surface area contributed by atoms with Gasteiger partial charge in [0, 0.05) is 44.4 Å². The van der Waals surface area contributed by atoms with Gasteiger partial charge in [-0.25, -0.2) is 0 Å². The first-order valence-corrected chi connectivity index (χ1v) is 37.7. The van der Waals surface area contributed by atoms with E-state index in [1.807, 2.05) is 0 Å². The summed E-state index contributed by atoms with van der Waals surface area (Å²) in [5, 5.41) is 9.92. The second kappa shape index (κ2) is 26.9. The van der Waals surface area contributed by atoms with Gasteiger partial charge in [-0.3, -0.25) is 0 Å². The van der Waals surface area contributed by atoms with Crippen LogP contribution in [0.15, 0.2) is 400 Å². The summed E-state index contributed by atoms with van der Waals surface area (Å²) in [6, 6.07) is 147. The minimum atomic E-state index is -0.126. The fourth-order valence-electron chi connectivity index (χ4n) is 17.6. The monoisotopic (exact) mass is 1380 g/mol. The van der Waals surface area contributed by atoms with Crippen molar-refractivity contribution in [2.45, 2.75) is 38.5 Å². The Balaban J connectivity index is 0.000000147. The maximum atomic E-state index is 2.49. The van der Waals surface area contributed by atoms with Gasteiger partial charge in [0.15, 0.2) is 0 Å². The maximum Gasteiger partial charge on any atom is 0.0546 e. The zero-order chi connectivity index (χ0) is 72.5. The predicted octanol–water partition coefficient (Wildman–Crippen LogP) is 29.5. The quantitative estimate of drug-likeness (QED) is 0.113. The van der Waals surface area contributed by atoms with E-state index in [0.717, 1.165) is 34.1 Å². The Morgan fingerprint density at radius 3 is 0.935 bits per heavy atom. The molecule has 0 atom stereocenters. The van der Waals surface area contributed by atoms with Crippen LogP contribution in [0, 0.1) is 0 Å². The van der Waals surface area contributed by atoms with Crippen molar-refractivity contribution >= 4 is 77.2 Å². The van der Waals surface area contributed by atoms with Crippen LogP contribution in [0.4, 0.5) is 34.1 Å². The average Bonchev–Trinajstić information content (AvgIpc) is 1.58. The van der Waals surface area contributed by atoms with Crippen LogP contribution in [0.25, 0.3) is 132 Å². The summed E-state index contributed by atoms with van der Waals surface area (Å²) in [5.74, 6) is 0. The Morgan fingerprint density at radius 2 is 0.463 bits per heavy atom. The molecule has 108 heavy (non-hydrogen) atoms. The molecule has 0 bridgehead atoms. The Morgan fingerprint density at radius 1 is 0.167 bits per heavy atom. The molecular formula is C106H78N2. The Kier molecular flexibility index (Phi) is 16.3. The largest absolute Gasteiger partial charge is 0.310 e. The van der Waals surface area contributed by atoms with Crippen molar-refractivity contribution < 1.29 is 0 Å². The molecule has 0 saturated heterocycles. The molecule has 0 spiro atoms. The van der Waals surface area contributed by atoms with Crippen LogP contribution in [0.5, 0.6) is 0 Å². The molecule has 18 aromatic rings. The third-order valence-corrected chi connectivity index (χ3v) is 22.9. The molecule has 20 rings (SSSR count). The summed E-state index contributed by atoms with van der Waals surface area (Å²) in [6.07, 6.45) is 0.